The molecule has 2 aromatic carbocycles. The summed E-state index contributed by atoms with van der Waals surface area (Å²) in [4.78, 5) is 11.9. The van der Waals surface area contributed by atoms with Gasteiger partial charge in [-0.3, -0.25) is 10.1 Å². The van der Waals surface area contributed by atoms with Gasteiger partial charge in [0.1, 0.15) is 0 Å². The molecule has 24 heavy (non-hydrogen) atoms. The minimum absolute atomic E-state index is 0.127. The van der Waals surface area contributed by atoms with Crippen molar-refractivity contribution in [2.75, 3.05) is 19.0 Å². The van der Waals surface area contributed by atoms with Gasteiger partial charge in [-0.1, -0.05) is 35.3 Å². The number of carbonyl (C=O) groups excluding carboxylic acids is 1. The molecule has 1 amide bonds. The second-order valence-corrected chi connectivity index (χ2v) is 5.79. The van der Waals surface area contributed by atoms with Crippen molar-refractivity contribution in [3.63, 3.8) is 0 Å². The zero-order valence-electron chi connectivity index (χ0n) is 12.6. The number of halogens is 2. The lowest BCUT2D eigenvalue weighted by Gasteiger charge is -2.12. The van der Waals surface area contributed by atoms with Gasteiger partial charge < -0.3 is 14.8 Å². The fourth-order valence-corrected chi connectivity index (χ4v) is 2.31. The summed E-state index contributed by atoms with van der Waals surface area (Å²) < 4.78 is 10.6. The third-order valence-corrected chi connectivity index (χ3v) is 3.80. The zero-order valence-corrected chi connectivity index (χ0v) is 15.0. The molecule has 2 aromatic rings. The van der Waals surface area contributed by atoms with Crippen molar-refractivity contribution in [2.45, 2.75) is 0 Å². The van der Waals surface area contributed by atoms with Crippen molar-refractivity contribution in [3.8, 4) is 11.5 Å². The Balaban J connectivity index is 1.85. The van der Waals surface area contributed by atoms with Gasteiger partial charge in [0.15, 0.2) is 23.2 Å². The van der Waals surface area contributed by atoms with Crippen molar-refractivity contribution < 1.29 is 14.3 Å². The SMILES string of the molecule is COc1ccccc1OCC(=O)NC(=S)Nc1ccc(Cl)c(Cl)c1. The summed E-state index contributed by atoms with van der Waals surface area (Å²) in [6.07, 6.45) is 0. The van der Waals surface area contributed by atoms with E-state index >= 15 is 0 Å². The molecule has 0 aliphatic rings. The highest BCUT2D eigenvalue weighted by Crippen LogP contribution is 2.26. The van der Waals surface area contributed by atoms with E-state index < -0.39 is 5.91 Å². The second-order valence-electron chi connectivity index (χ2n) is 4.57. The molecule has 0 atom stereocenters. The van der Waals surface area contributed by atoms with Crippen LogP contribution in [0, 0.1) is 0 Å². The number of thiocarbonyl (C=S) groups is 1. The molecule has 0 aromatic heterocycles. The first-order valence-corrected chi connectivity index (χ1v) is 7.97. The maximum Gasteiger partial charge on any atom is 0.264 e. The third-order valence-electron chi connectivity index (χ3n) is 2.86. The van der Waals surface area contributed by atoms with E-state index in [2.05, 4.69) is 10.6 Å². The molecule has 126 valence electrons. The van der Waals surface area contributed by atoms with Crippen LogP contribution in [-0.2, 0) is 4.79 Å². The van der Waals surface area contributed by atoms with Crippen LogP contribution in [-0.4, -0.2) is 24.7 Å². The number of methoxy groups -OCH3 is 1. The highest BCUT2D eigenvalue weighted by Gasteiger charge is 2.09. The maximum atomic E-state index is 11.9. The van der Waals surface area contributed by atoms with Gasteiger partial charge in [0.2, 0.25) is 0 Å². The lowest BCUT2D eigenvalue weighted by atomic mass is 10.3. The van der Waals surface area contributed by atoms with E-state index in [4.69, 9.17) is 44.9 Å². The molecule has 0 aliphatic heterocycles. The summed E-state index contributed by atoms with van der Waals surface area (Å²) in [5.41, 5.74) is 0.611. The average Bonchev–Trinajstić information content (AvgIpc) is 2.56. The number of carbonyl (C=O) groups is 1. The van der Waals surface area contributed by atoms with E-state index in [9.17, 15) is 4.79 Å². The van der Waals surface area contributed by atoms with Gasteiger partial charge in [-0.2, -0.15) is 0 Å². The van der Waals surface area contributed by atoms with Crippen molar-refractivity contribution in [3.05, 3.63) is 52.5 Å². The van der Waals surface area contributed by atoms with Crippen molar-refractivity contribution in [1.29, 1.82) is 0 Å². The van der Waals surface area contributed by atoms with E-state index in [0.29, 0.717) is 27.2 Å². The van der Waals surface area contributed by atoms with E-state index in [1.54, 1.807) is 36.4 Å². The number of ether oxygens (including phenoxy) is 2. The molecule has 5 nitrogen and oxygen atoms in total. The lowest BCUT2D eigenvalue weighted by Crippen LogP contribution is -2.37. The fraction of sp³-hybridized carbons (Fsp3) is 0.125. The summed E-state index contributed by atoms with van der Waals surface area (Å²) in [6, 6.07) is 12.0. The first-order chi connectivity index (χ1) is 11.5. The summed E-state index contributed by atoms with van der Waals surface area (Å²) in [6.45, 7) is -0.205. The number of benzene rings is 2. The molecular weight excluding hydrogens is 371 g/mol. The van der Waals surface area contributed by atoms with Gasteiger partial charge >= 0.3 is 0 Å². The molecule has 2 rings (SSSR count). The average molecular weight is 385 g/mol. The molecule has 0 fully saturated rings. The molecule has 2 N–H and O–H groups in total. The van der Waals surface area contributed by atoms with Gasteiger partial charge in [-0.15, -0.1) is 0 Å². The number of rotatable bonds is 5. The van der Waals surface area contributed by atoms with E-state index in [-0.39, 0.29) is 11.7 Å². The van der Waals surface area contributed by atoms with E-state index in [0.717, 1.165) is 0 Å². The predicted octanol–water partition coefficient (Wildman–Crippen LogP) is 3.89. The number of nitrogens with one attached hydrogen (secondary N) is 2. The Morgan fingerprint density at radius 3 is 2.50 bits per heavy atom. The summed E-state index contributed by atoms with van der Waals surface area (Å²) >= 11 is 16.8. The summed E-state index contributed by atoms with van der Waals surface area (Å²) in [5.74, 6) is 0.610. The van der Waals surface area contributed by atoms with Crippen molar-refractivity contribution in [2.24, 2.45) is 0 Å². The minimum Gasteiger partial charge on any atom is -0.493 e. The van der Waals surface area contributed by atoms with Crippen LogP contribution < -0.4 is 20.1 Å². The van der Waals surface area contributed by atoms with Crippen LogP contribution in [0.4, 0.5) is 5.69 Å². The molecule has 0 unspecified atom stereocenters. The number of hydrogen-bond acceptors (Lipinski definition) is 4. The molecule has 0 aliphatic carbocycles. The van der Waals surface area contributed by atoms with Crippen LogP contribution in [0.1, 0.15) is 0 Å². The quantitative estimate of drug-likeness (QED) is 0.765. The van der Waals surface area contributed by atoms with Gasteiger partial charge in [0, 0.05) is 5.69 Å². The Hall–Kier alpha value is -2.02. The summed E-state index contributed by atoms with van der Waals surface area (Å²) in [7, 11) is 1.53. The van der Waals surface area contributed by atoms with Crippen LogP contribution in [0.3, 0.4) is 0 Å². The zero-order chi connectivity index (χ0) is 17.5. The molecule has 0 saturated heterocycles. The smallest absolute Gasteiger partial charge is 0.264 e. The number of para-hydroxylation sites is 2. The van der Waals surface area contributed by atoms with Crippen LogP contribution in [0.5, 0.6) is 11.5 Å². The van der Waals surface area contributed by atoms with E-state index in [1.165, 1.54) is 7.11 Å². The largest absolute Gasteiger partial charge is 0.493 e. The monoisotopic (exact) mass is 384 g/mol. The van der Waals surface area contributed by atoms with Crippen molar-refractivity contribution >= 4 is 52.1 Å². The lowest BCUT2D eigenvalue weighted by molar-refractivity contribution is -0.121. The van der Waals surface area contributed by atoms with Crippen LogP contribution in [0.2, 0.25) is 10.0 Å². The molecular formula is C16H14Cl2N2O3S. The number of anilines is 1. The van der Waals surface area contributed by atoms with Crippen LogP contribution in [0.25, 0.3) is 0 Å². The summed E-state index contributed by atoms with van der Waals surface area (Å²) in [5, 5.41) is 6.29. The standard InChI is InChI=1S/C16H14Cl2N2O3S/c1-22-13-4-2-3-5-14(13)23-9-15(21)20-16(24)19-10-6-7-11(17)12(18)8-10/h2-8H,9H2,1H3,(H2,19,20,21,24). The fourth-order valence-electron chi connectivity index (χ4n) is 1.78. The highest BCUT2D eigenvalue weighted by molar-refractivity contribution is 7.80. The van der Waals surface area contributed by atoms with Gasteiger partial charge in [-0.05, 0) is 42.5 Å². The normalized spacial score (nSPS) is 9.96. The van der Waals surface area contributed by atoms with Crippen LogP contribution in [0.15, 0.2) is 42.5 Å². The first kappa shape index (κ1) is 18.3. The number of hydrogen-bond donors (Lipinski definition) is 2. The van der Waals surface area contributed by atoms with Crippen molar-refractivity contribution in [1.82, 2.24) is 5.32 Å². The Labute approximate surface area is 154 Å². The molecule has 0 radical (unpaired) electrons. The van der Waals surface area contributed by atoms with Gasteiger partial charge in [0.05, 0.1) is 17.2 Å². The Bertz CT molecular complexity index is 756. The molecule has 8 heteroatoms. The van der Waals surface area contributed by atoms with Crippen LogP contribution >= 0.6 is 35.4 Å². The predicted molar refractivity (Wildman–Crippen MR) is 99.3 cm³/mol. The highest BCUT2D eigenvalue weighted by atomic mass is 35.5. The number of amides is 1. The maximum absolute atomic E-state index is 11.9. The molecule has 0 heterocycles. The topological polar surface area (TPSA) is 59.6 Å². The molecule has 0 spiro atoms. The van der Waals surface area contributed by atoms with Gasteiger partial charge in [0.25, 0.3) is 5.91 Å². The third kappa shape index (κ3) is 5.26. The minimum atomic E-state index is -0.404. The molecule has 0 saturated carbocycles. The first-order valence-electron chi connectivity index (χ1n) is 6.81. The molecule has 0 bridgehead atoms. The van der Waals surface area contributed by atoms with Gasteiger partial charge in [-0.25, -0.2) is 0 Å². The Morgan fingerprint density at radius 1 is 1.12 bits per heavy atom. The Kier molecular flexibility index (Phi) is 6.66. The van der Waals surface area contributed by atoms with E-state index in [1.807, 2.05) is 6.07 Å². The Morgan fingerprint density at radius 2 is 1.83 bits per heavy atom. The second kappa shape index (κ2) is 8.73.